The monoisotopic (exact) mass is 452 g/mol. The van der Waals surface area contributed by atoms with Crippen LogP contribution >= 0.6 is 0 Å². The third kappa shape index (κ3) is 7.34. The van der Waals surface area contributed by atoms with Crippen molar-refractivity contribution >= 4 is 18.0 Å². The van der Waals surface area contributed by atoms with Crippen molar-refractivity contribution < 1.29 is 23.9 Å². The molecule has 0 unspecified atom stereocenters. The van der Waals surface area contributed by atoms with Crippen molar-refractivity contribution in [1.82, 2.24) is 10.2 Å². The van der Waals surface area contributed by atoms with Crippen molar-refractivity contribution in [1.29, 1.82) is 0 Å². The van der Waals surface area contributed by atoms with Gasteiger partial charge in [0.2, 0.25) is 5.91 Å². The molecule has 3 rings (SSSR count). The average molecular weight is 453 g/mol. The molecule has 0 spiro atoms. The fraction of sp³-hybridized carbons (Fsp3) is 0.423. The largest absolute Gasteiger partial charge is 0.461 e. The van der Waals surface area contributed by atoms with Gasteiger partial charge in [-0.2, -0.15) is 0 Å². The molecular weight excluding hydrogens is 420 g/mol. The molecule has 1 N–H and O–H groups in total. The summed E-state index contributed by atoms with van der Waals surface area (Å²) in [6, 6.07) is 18.2. The maximum Gasteiger partial charge on any atom is 0.410 e. The Hall–Kier alpha value is -3.35. The SMILES string of the molecule is CC(C)(C)OC(=O)N1CC[C@@H](CC(=O)OCc2ccccc2)[C@@H]1C(=O)NCc1ccccc1. The molecule has 0 bridgehead atoms. The van der Waals surface area contributed by atoms with Crippen molar-refractivity contribution in [2.75, 3.05) is 6.54 Å². The molecule has 1 aliphatic heterocycles. The van der Waals surface area contributed by atoms with Crippen LogP contribution in [0.4, 0.5) is 4.79 Å². The van der Waals surface area contributed by atoms with Gasteiger partial charge in [-0.3, -0.25) is 14.5 Å². The van der Waals surface area contributed by atoms with Gasteiger partial charge in [0.15, 0.2) is 0 Å². The normalized spacial score (nSPS) is 18.0. The molecular formula is C26H32N2O5. The molecule has 2 atom stereocenters. The van der Waals surface area contributed by atoms with Crippen LogP contribution in [0.25, 0.3) is 0 Å². The Kier molecular flexibility index (Phi) is 8.09. The van der Waals surface area contributed by atoms with Gasteiger partial charge in [0.05, 0.1) is 6.42 Å². The summed E-state index contributed by atoms with van der Waals surface area (Å²) in [6.45, 7) is 6.20. The molecule has 1 saturated heterocycles. The van der Waals surface area contributed by atoms with Crippen molar-refractivity contribution in [3.63, 3.8) is 0 Å². The summed E-state index contributed by atoms with van der Waals surface area (Å²) in [5.74, 6) is -1.05. The van der Waals surface area contributed by atoms with Gasteiger partial charge in [0.25, 0.3) is 0 Å². The smallest absolute Gasteiger partial charge is 0.410 e. The number of carbonyl (C=O) groups is 3. The van der Waals surface area contributed by atoms with Gasteiger partial charge in [-0.05, 0) is 38.3 Å². The van der Waals surface area contributed by atoms with E-state index in [1.165, 1.54) is 4.90 Å². The van der Waals surface area contributed by atoms with Crippen LogP contribution in [0.3, 0.4) is 0 Å². The lowest BCUT2D eigenvalue weighted by Crippen LogP contribution is -2.50. The lowest BCUT2D eigenvalue weighted by molar-refractivity contribution is -0.146. The van der Waals surface area contributed by atoms with Crippen molar-refractivity contribution in [3.05, 3.63) is 71.8 Å². The number of esters is 1. The first-order valence-corrected chi connectivity index (χ1v) is 11.2. The van der Waals surface area contributed by atoms with Crippen LogP contribution < -0.4 is 5.32 Å². The minimum atomic E-state index is -0.798. The second kappa shape index (κ2) is 11.0. The lowest BCUT2D eigenvalue weighted by atomic mass is 9.96. The van der Waals surface area contributed by atoms with E-state index in [9.17, 15) is 14.4 Å². The van der Waals surface area contributed by atoms with Gasteiger partial charge in [0, 0.05) is 19.0 Å². The number of amides is 2. The summed E-state index contributed by atoms with van der Waals surface area (Å²) < 4.78 is 10.9. The Balaban J connectivity index is 1.67. The number of nitrogens with zero attached hydrogens (tertiary/aromatic N) is 1. The number of rotatable bonds is 7. The minimum Gasteiger partial charge on any atom is -0.461 e. The maximum absolute atomic E-state index is 13.2. The first-order chi connectivity index (χ1) is 15.7. The van der Waals surface area contributed by atoms with Crippen LogP contribution in [0.5, 0.6) is 0 Å². The summed E-state index contributed by atoms with van der Waals surface area (Å²) in [7, 11) is 0. The molecule has 0 saturated carbocycles. The number of benzene rings is 2. The molecule has 2 aromatic carbocycles. The van der Waals surface area contributed by atoms with Gasteiger partial charge in [-0.1, -0.05) is 60.7 Å². The molecule has 7 nitrogen and oxygen atoms in total. The third-order valence-corrected chi connectivity index (χ3v) is 5.40. The van der Waals surface area contributed by atoms with Crippen LogP contribution in [0.1, 0.15) is 44.7 Å². The summed E-state index contributed by atoms with van der Waals surface area (Å²) in [4.78, 5) is 39.9. The quantitative estimate of drug-likeness (QED) is 0.641. The van der Waals surface area contributed by atoms with E-state index in [2.05, 4.69) is 5.32 Å². The minimum absolute atomic E-state index is 0.0511. The molecule has 33 heavy (non-hydrogen) atoms. The number of likely N-dealkylation sites (tertiary alicyclic amines) is 1. The standard InChI is InChI=1S/C26H32N2O5/c1-26(2,3)33-25(31)28-15-14-21(16-22(29)32-18-20-12-8-5-9-13-20)23(28)24(30)27-17-19-10-6-4-7-11-19/h4-13,21,23H,14-18H2,1-3H3,(H,27,30)/t21-,23+/m0/s1. The molecule has 0 aliphatic carbocycles. The van der Waals surface area contributed by atoms with E-state index in [0.717, 1.165) is 11.1 Å². The number of nitrogens with one attached hydrogen (secondary N) is 1. The predicted octanol–water partition coefficient (Wildman–Crippen LogP) is 4.06. The Bertz CT molecular complexity index is 940. The highest BCUT2D eigenvalue weighted by Crippen LogP contribution is 2.30. The molecule has 7 heteroatoms. The Morgan fingerprint density at radius 2 is 1.58 bits per heavy atom. The zero-order valence-corrected chi connectivity index (χ0v) is 19.5. The average Bonchev–Trinajstić information content (AvgIpc) is 3.20. The van der Waals surface area contributed by atoms with E-state index in [4.69, 9.17) is 9.47 Å². The molecule has 0 radical (unpaired) electrons. The third-order valence-electron chi connectivity index (χ3n) is 5.40. The predicted molar refractivity (Wildman–Crippen MR) is 124 cm³/mol. The molecule has 1 heterocycles. The summed E-state index contributed by atoms with van der Waals surface area (Å²) in [5, 5.41) is 2.91. The van der Waals surface area contributed by atoms with Crippen molar-refractivity contribution in [3.8, 4) is 0 Å². The van der Waals surface area contributed by atoms with Crippen molar-refractivity contribution in [2.24, 2.45) is 5.92 Å². The molecule has 2 amide bonds. The zero-order chi connectivity index (χ0) is 23.8. The molecule has 1 aliphatic rings. The van der Waals surface area contributed by atoms with Gasteiger partial charge >= 0.3 is 12.1 Å². The Morgan fingerprint density at radius 1 is 0.970 bits per heavy atom. The van der Waals surface area contributed by atoms with Crippen molar-refractivity contribution in [2.45, 2.75) is 58.4 Å². The Morgan fingerprint density at radius 3 is 2.18 bits per heavy atom. The first kappa shape index (κ1) is 24.3. The fourth-order valence-electron chi connectivity index (χ4n) is 3.85. The molecule has 2 aromatic rings. The number of hydrogen-bond donors (Lipinski definition) is 1. The highest BCUT2D eigenvalue weighted by molar-refractivity contribution is 5.87. The van der Waals surface area contributed by atoms with E-state index in [1.807, 2.05) is 60.7 Å². The number of carbonyl (C=O) groups excluding carboxylic acids is 3. The van der Waals surface area contributed by atoms with E-state index in [0.29, 0.717) is 19.5 Å². The molecule has 1 fully saturated rings. The topological polar surface area (TPSA) is 84.9 Å². The van der Waals surface area contributed by atoms with Crippen LogP contribution in [0.2, 0.25) is 0 Å². The highest BCUT2D eigenvalue weighted by Gasteiger charge is 2.44. The van der Waals surface area contributed by atoms with Gasteiger partial charge in [-0.25, -0.2) is 4.79 Å². The highest BCUT2D eigenvalue weighted by atomic mass is 16.6. The number of ether oxygens (including phenoxy) is 2. The van der Waals surface area contributed by atoms with Gasteiger partial charge < -0.3 is 14.8 Å². The van der Waals surface area contributed by atoms with Crippen LogP contribution in [0.15, 0.2) is 60.7 Å². The second-order valence-electron chi connectivity index (χ2n) is 9.22. The summed E-state index contributed by atoms with van der Waals surface area (Å²) >= 11 is 0. The van der Waals surface area contributed by atoms with Crippen LogP contribution in [-0.4, -0.2) is 41.1 Å². The number of hydrogen-bond acceptors (Lipinski definition) is 5. The Labute approximate surface area is 195 Å². The van der Waals surface area contributed by atoms with Gasteiger partial charge in [0.1, 0.15) is 18.2 Å². The van der Waals surface area contributed by atoms with E-state index < -0.39 is 23.7 Å². The van der Waals surface area contributed by atoms with E-state index in [-0.39, 0.29) is 24.9 Å². The summed E-state index contributed by atoms with van der Waals surface area (Å²) in [5.41, 5.74) is 1.16. The van der Waals surface area contributed by atoms with Crippen LogP contribution in [-0.2, 0) is 32.2 Å². The van der Waals surface area contributed by atoms with E-state index in [1.54, 1.807) is 20.8 Å². The zero-order valence-electron chi connectivity index (χ0n) is 19.5. The maximum atomic E-state index is 13.2. The van der Waals surface area contributed by atoms with Gasteiger partial charge in [-0.15, -0.1) is 0 Å². The first-order valence-electron chi connectivity index (χ1n) is 11.2. The van der Waals surface area contributed by atoms with E-state index >= 15 is 0 Å². The lowest BCUT2D eigenvalue weighted by Gasteiger charge is -2.29. The molecule has 176 valence electrons. The molecule has 0 aromatic heterocycles. The summed E-state index contributed by atoms with van der Waals surface area (Å²) in [6.07, 6.45) is 0.0149. The second-order valence-corrected chi connectivity index (χ2v) is 9.22. The van der Waals surface area contributed by atoms with Crippen LogP contribution in [0, 0.1) is 5.92 Å². The fourth-order valence-corrected chi connectivity index (χ4v) is 3.85.